The van der Waals surface area contributed by atoms with Crippen LogP contribution >= 0.6 is 11.8 Å². The number of amidine groups is 1. The summed E-state index contributed by atoms with van der Waals surface area (Å²) in [5.74, 6) is -1.57. The fraction of sp³-hybridized carbons (Fsp3) is 0.385. The first-order valence-corrected chi connectivity index (χ1v) is 12.4. The van der Waals surface area contributed by atoms with Gasteiger partial charge in [-0.15, -0.1) is 0 Å². The molecule has 186 valence electrons. The third kappa shape index (κ3) is 4.06. The lowest BCUT2D eigenvalue weighted by Gasteiger charge is -2.35. The Hall–Kier alpha value is -3.29. The number of amides is 1. The van der Waals surface area contributed by atoms with Crippen LogP contribution in [0.5, 0.6) is 0 Å². The second kappa shape index (κ2) is 8.39. The highest BCUT2D eigenvalue weighted by molar-refractivity contribution is 8.15. The van der Waals surface area contributed by atoms with Crippen LogP contribution in [0.3, 0.4) is 0 Å². The molecular formula is C26H25F2N5O2S. The summed E-state index contributed by atoms with van der Waals surface area (Å²) in [7, 11) is 0. The third-order valence-electron chi connectivity index (χ3n) is 7.27. The number of hydrogen-bond donors (Lipinski definition) is 2. The van der Waals surface area contributed by atoms with Crippen molar-refractivity contribution in [2.75, 3.05) is 13.1 Å². The maximum absolute atomic E-state index is 15.2. The normalized spacial score (nSPS) is 31.4. The number of β-amino-alcohol motifs (C(OH)–C–C–N with tert-alkyl or cyclic N) is 1. The lowest BCUT2D eigenvalue weighted by molar-refractivity contribution is -0.131. The summed E-state index contributed by atoms with van der Waals surface area (Å²) in [4.78, 5) is 27.0. The van der Waals surface area contributed by atoms with Gasteiger partial charge in [0.15, 0.2) is 5.17 Å². The van der Waals surface area contributed by atoms with Gasteiger partial charge < -0.3 is 15.7 Å². The summed E-state index contributed by atoms with van der Waals surface area (Å²) in [5, 5.41) is 10.5. The minimum absolute atomic E-state index is 0.0594. The summed E-state index contributed by atoms with van der Waals surface area (Å²) >= 11 is 1.21. The number of nitrogens with zero attached hydrogens (tertiary/aromatic N) is 4. The first-order chi connectivity index (χ1) is 17.0. The molecule has 2 aromatic rings. The maximum Gasteiger partial charge on any atom is 0.239 e. The topological polar surface area (TPSA) is 96.2 Å². The Morgan fingerprint density at radius 3 is 2.78 bits per heavy atom. The Labute approximate surface area is 211 Å². The van der Waals surface area contributed by atoms with Crippen molar-refractivity contribution < 1.29 is 18.7 Å². The molecule has 2 fully saturated rings. The average Bonchev–Trinajstić information content (AvgIpc) is 3.48. The van der Waals surface area contributed by atoms with E-state index in [-0.39, 0.29) is 34.8 Å². The van der Waals surface area contributed by atoms with Crippen molar-refractivity contribution in [3.05, 3.63) is 70.6 Å². The SMILES string of the molecule is [C-]#[N+]c1ccc(/C(F)=C/c2ccc(F)c([C@@]3(C)N=C(N)S[C@@]4(C(=O)N5CC[C@](C)(O)C5)C[C@H]43)c2)nc1. The van der Waals surface area contributed by atoms with Crippen molar-refractivity contribution in [3.63, 3.8) is 0 Å². The largest absolute Gasteiger partial charge is 0.388 e. The number of aromatic nitrogens is 1. The lowest BCUT2D eigenvalue weighted by atomic mass is 9.84. The molecular weight excluding hydrogens is 484 g/mol. The quantitative estimate of drug-likeness (QED) is 0.601. The van der Waals surface area contributed by atoms with Gasteiger partial charge in [0, 0.05) is 30.8 Å². The molecule has 3 aliphatic rings. The van der Waals surface area contributed by atoms with Crippen LogP contribution in [-0.2, 0) is 10.3 Å². The van der Waals surface area contributed by atoms with Crippen LogP contribution in [-0.4, -0.2) is 49.5 Å². The second-order valence-electron chi connectivity index (χ2n) is 10.1. The molecule has 1 saturated heterocycles. The molecule has 0 bridgehead atoms. The molecule has 4 atom stereocenters. The van der Waals surface area contributed by atoms with Crippen LogP contribution in [0.2, 0.25) is 0 Å². The van der Waals surface area contributed by atoms with E-state index in [2.05, 4.69) is 14.8 Å². The molecule has 0 spiro atoms. The number of carbonyl (C=O) groups excluding carboxylic acids is 1. The number of rotatable bonds is 4. The number of pyridine rings is 1. The fourth-order valence-electron chi connectivity index (χ4n) is 5.27. The summed E-state index contributed by atoms with van der Waals surface area (Å²) in [6.45, 7) is 11.1. The molecule has 1 amide bonds. The van der Waals surface area contributed by atoms with Gasteiger partial charge in [0.25, 0.3) is 0 Å². The number of likely N-dealkylation sites (tertiary alicyclic amines) is 1. The Morgan fingerprint density at radius 2 is 2.14 bits per heavy atom. The zero-order chi connectivity index (χ0) is 25.9. The summed E-state index contributed by atoms with van der Waals surface area (Å²) in [6.07, 6.45) is 3.50. The van der Waals surface area contributed by atoms with E-state index in [1.165, 1.54) is 54.4 Å². The zero-order valence-corrected chi connectivity index (χ0v) is 20.6. The van der Waals surface area contributed by atoms with Crippen molar-refractivity contribution in [3.8, 4) is 0 Å². The number of benzene rings is 1. The van der Waals surface area contributed by atoms with E-state index in [0.29, 0.717) is 30.6 Å². The van der Waals surface area contributed by atoms with Crippen LogP contribution in [0.15, 0.2) is 41.5 Å². The molecule has 1 saturated carbocycles. The van der Waals surface area contributed by atoms with E-state index < -0.39 is 27.5 Å². The van der Waals surface area contributed by atoms with Crippen LogP contribution in [0.25, 0.3) is 16.7 Å². The Bertz CT molecular complexity index is 1350. The number of hydrogen-bond acceptors (Lipinski definition) is 6. The van der Waals surface area contributed by atoms with Crippen LogP contribution in [0.1, 0.15) is 43.5 Å². The predicted molar refractivity (Wildman–Crippen MR) is 135 cm³/mol. The van der Waals surface area contributed by atoms with E-state index in [1.54, 1.807) is 18.7 Å². The second-order valence-corrected chi connectivity index (χ2v) is 11.4. The van der Waals surface area contributed by atoms with Crippen molar-refractivity contribution in [1.29, 1.82) is 0 Å². The number of carbonyl (C=O) groups is 1. The molecule has 0 radical (unpaired) electrons. The lowest BCUT2D eigenvalue weighted by Crippen LogP contribution is -2.46. The monoisotopic (exact) mass is 509 g/mol. The molecule has 10 heteroatoms. The highest BCUT2D eigenvalue weighted by Crippen LogP contribution is 2.66. The van der Waals surface area contributed by atoms with Crippen LogP contribution < -0.4 is 5.73 Å². The highest BCUT2D eigenvalue weighted by atomic mass is 32.2. The van der Waals surface area contributed by atoms with Gasteiger partial charge in [-0.25, -0.2) is 13.6 Å². The molecule has 3 heterocycles. The van der Waals surface area contributed by atoms with E-state index in [0.717, 1.165) is 0 Å². The summed E-state index contributed by atoms with van der Waals surface area (Å²) in [5.41, 5.74) is 5.13. The smallest absolute Gasteiger partial charge is 0.239 e. The van der Waals surface area contributed by atoms with Gasteiger partial charge in [-0.2, -0.15) is 0 Å². The number of nitrogens with two attached hydrogens (primary N) is 1. The van der Waals surface area contributed by atoms with Gasteiger partial charge in [0.2, 0.25) is 11.6 Å². The molecule has 36 heavy (non-hydrogen) atoms. The van der Waals surface area contributed by atoms with Crippen molar-refractivity contribution in [2.45, 2.75) is 42.6 Å². The molecule has 0 unspecified atom stereocenters. The van der Waals surface area contributed by atoms with Gasteiger partial charge in [-0.1, -0.05) is 23.9 Å². The summed E-state index contributed by atoms with van der Waals surface area (Å²) < 4.78 is 29.2. The fourth-order valence-corrected chi connectivity index (χ4v) is 6.72. The molecule has 1 aliphatic carbocycles. The molecule has 1 aromatic carbocycles. The molecule has 7 nitrogen and oxygen atoms in total. The molecule has 5 rings (SSSR count). The van der Waals surface area contributed by atoms with Gasteiger partial charge in [-0.3, -0.25) is 14.8 Å². The third-order valence-corrected chi connectivity index (χ3v) is 8.56. The van der Waals surface area contributed by atoms with E-state index >= 15 is 4.39 Å². The minimum Gasteiger partial charge on any atom is -0.388 e. The summed E-state index contributed by atoms with van der Waals surface area (Å²) in [6, 6.07) is 7.13. The number of halogens is 2. The molecule has 3 N–H and O–H groups in total. The van der Waals surface area contributed by atoms with Crippen LogP contribution in [0.4, 0.5) is 14.5 Å². The highest BCUT2D eigenvalue weighted by Gasteiger charge is 2.71. The van der Waals surface area contributed by atoms with Crippen molar-refractivity contribution in [2.24, 2.45) is 16.6 Å². The van der Waals surface area contributed by atoms with Crippen molar-refractivity contribution in [1.82, 2.24) is 9.88 Å². The first-order valence-electron chi connectivity index (χ1n) is 11.5. The van der Waals surface area contributed by atoms with E-state index in [4.69, 9.17) is 12.3 Å². The van der Waals surface area contributed by atoms with Crippen LogP contribution in [0, 0.1) is 18.3 Å². The predicted octanol–water partition coefficient (Wildman–Crippen LogP) is 4.26. The number of aliphatic hydroxyl groups is 1. The van der Waals surface area contributed by atoms with Gasteiger partial charge >= 0.3 is 0 Å². The molecule has 2 aliphatic heterocycles. The Balaban J connectivity index is 1.47. The zero-order valence-electron chi connectivity index (χ0n) is 19.8. The van der Waals surface area contributed by atoms with Gasteiger partial charge in [-0.05, 0) is 56.5 Å². The standard InChI is InChI=1S/C26H25F2N5O2S/c1-24(35)8-9-33(14-24)22(34)26-12-21(26)25(2,32-23(29)36-26)17-10-15(4-6-18(17)27)11-19(28)20-7-5-16(30-3)13-31-20/h4-7,10-11,13,21,35H,8-9,12,14H2,1-2H3,(H2,29,32)/b19-11-/t21-,24-,25+,26-/m0/s1. The molecule has 1 aromatic heterocycles. The minimum atomic E-state index is -1.12. The Morgan fingerprint density at radius 1 is 1.36 bits per heavy atom. The Kier molecular flexibility index (Phi) is 5.69. The van der Waals surface area contributed by atoms with Gasteiger partial charge in [0.1, 0.15) is 16.4 Å². The number of aliphatic imine (C=N–C) groups is 1. The maximum atomic E-state index is 15.2. The van der Waals surface area contributed by atoms with Gasteiger partial charge in [0.05, 0.1) is 23.4 Å². The number of fused-ring (bicyclic) bond motifs is 1. The van der Waals surface area contributed by atoms with E-state index in [9.17, 15) is 14.3 Å². The number of thioether (sulfide) groups is 1. The van der Waals surface area contributed by atoms with E-state index in [1.807, 2.05) is 0 Å². The first kappa shape index (κ1) is 24.4. The average molecular weight is 510 g/mol. The van der Waals surface area contributed by atoms with Crippen molar-refractivity contribution >= 4 is 40.4 Å².